The number of carbonyl (C=O) groups excluding carboxylic acids is 2. The van der Waals surface area contributed by atoms with Crippen LogP contribution in [0, 0.1) is 5.92 Å². The molecular formula is C19H18O3. The summed E-state index contributed by atoms with van der Waals surface area (Å²) in [6.45, 7) is 0. The lowest BCUT2D eigenvalue weighted by atomic mass is 9.99. The van der Waals surface area contributed by atoms with E-state index in [1.807, 2.05) is 48.5 Å². The Morgan fingerprint density at radius 3 is 2.50 bits per heavy atom. The van der Waals surface area contributed by atoms with Crippen molar-refractivity contribution >= 4 is 11.8 Å². The highest BCUT2D eigenvalue weighted by Gasteiger charge is 2.28. The lowest BCUT2D eigenvalue weighted by Gasteiger charge is -2.05. The molecule has 0 bridgehead atoms. The summed E-state index contributed by atoms with van der Waals surface area (Å²) in [5, 5.41) is 0. The lowest BCUT2D eigenvalue weighted by Crippen LogP contribution is -2.15. The van der Waals surface area contributed by atoms with Crippen molar-refractivity contribution in [1.82, 2.24) is 0 Å². The second-order valence-corrected chi connectivity index (χ2v) is 5.70. The van der Waals surface area contributed by atoms with Crippen LogP contribution in [-0.4, -0.2) is 18.9 Å². The molecule has 2 aromatic rings. The summed E-state index contributed by atoms with van der Waals surface area (Å²) in [7, 11) is 1.42. The first-order valence-corrected chi connectivity index (χ1v) is 7.44. The van der Waals surface area contributed by atoms with Crippen LogP contribution in [0.2, 0.25) is 0 Å². The fraction of sp³-hybridized carbons (Fsp3) is 0.263. The molecule has 0 aliphatic heterocycles. The van der Waals surface area contributed by atoms with Crippen LogP contribution in [-0.2, 0) is 28.8 Å². The molecule has 3 heteroatoms. The van der Waals surface area contributed by atoms with Crippen LogP contribution < -0.4 is 0 Å². The minimum atomic E-state index is -0.173. The number of hydrogen-bond donors (Lipinski definition) is 0. The Morgan fingerprint density at radius 2 is 1.77 bits per heavy atom. The first-order valence-electron chi connectivity index (χ1n) is 7.44. The van der Waals surface area contributed by atoms with Crippen LogP contribution in [0.5, 0.6) is 0 Å². The van der Waals surface area contributed by atoms with Gasteiger partial charge in [0.1, 0.15) is 0 Å². The van der Waals surface area contributed by atoms with Crippen LogP contribution >= 0.6 is 0 Å². The molecule has 0 saturated carbocycles. The molecule has 1 aliphatic rings. The van der Waals surface area contributed by atoms with Crippen molar-refractivity contribution in [1.29, 1.82) is 0 Å². The van der Waals surface area contributed by atoms with Crippen molar-refractivity contribution in [2.75, 3.05) is 7.11 Å². The average Bonchev–Trinajstić information content (AvgIpc) is 2.98. The number of carbonyl (C=O) groups is 2. The predicted molar refractivity (Wildman–Crippen MR) is 83.8 cm³/mol. The van der Waals surface area contributed by atoms with Crippen molar-refractivity contribution in [3.05, 3.63) is 70.8 Å². The average molecular weight is 294 g/mol. The normalized spacial score (nSPS) is 16.1. The van der Waals surface area contributed by atoms with Crippen LogP contribution in [0.4, 0.5) is 0 Å². The van der Waals surface area contributed by atoms with E-state index >= 15 is 0 Å². The van der Waals surface area contributed by atoms with Crippen molar-refractivity contribution in [3.63, 3.8) is 0 Å². The minimum Gasteiger partial charge on any atom is -0.469 e. The number of Topliss-reactive ketones (excluding diaryl/α,β-unsaturated/α-hetero) is 1. The van der Waals surface area contributed by atoms with Gasteiger partial charge in [0, 0.05) is 12.0 Å². The smallest absolute Gasteiger partial charge is 0.309 e. The zero-order valence-corrected chi connectivity index (χ0v) is 12.5. The second kappa shape index (κ2) is 6.14. The van der Waals surface area contributed by atoms with Gasteiger partial charge in [-0.05, 0) is 35.6 Å². The molecule has 2 aromatic carbocycles. The number of methoxy groups -OCH3 is 1. The van der Waals surface area contributed by atoms with Gasteiger partial charge in [-0.25, -0.2) is 0 Å². The number of ketones is 1. The Morgan fingerprint density at radius 1 is 1.05 bits per heavy atom. The monoisotopic (exact) mass is 294 g/mol. The van der Waals surface area contributed by atoms with E-state index in [0.717, 1.165) is 16.7 Å². The first-order chi connectivity index (χ1) is 10.7. The molecule has 0 heterocycles. The maximum atomic E-state index is 12.4. The number of benzene rings is 2. The van der Waals surface area contributed by atoms with Crippen molar-refractivity contribution in [3.8, 4) is 0 Å². The molecule has 1 unspecified atom stereocenters. The largest absolute Gasteiger partial charge is 0.469 e. The van der Waals surface area contributed by atoms with E-state index in [2.05, 4.69) is 0 Å². The Hall–Kier alpha value is -2.42. The summed E-state index contributed by atoms with van der Waals surface area (Å²) < 4.78 is 4.82. The fourth-order valence-electron chi connectivity index (χ4n) is 3.01. The molecule has 3 nitrogen and oxygen atoms in total. The molecule has 0 N–H and O–H groups in total. The first kappa shape index (κ1) is 14.5. The quantitative estimate of drug-likeness (QED) is 0.643. The minimum absolute atomic E-state index is 0.107. The van der Waals surface area contributed by atoms with Gasteiger partial charge in [0.05, 0.1) is 13.0 Å². The topological polar surface area (TPSA) is 43.4 Å². The summed E-state index contributed by atoms with van der Waals surface area (Å²) in [6, 6.07) is 15.5. The zero-order valence-electron chi connectivity index (χ0n) is 12.5. The third-order valence-corrected chi connectivity index (χ3v) is 4.20. The van der Waals surface area contributed by atoms with E-state index in [9.17, 15) is 9.59 Å². The summed E-state index contributed by atoms with van der Waals surface area (Å²) in [4.78, 5) is 24.0. The molecule has 1 aliphatic carbocycles. The Bertz CT molecular complexity index is 704. The summed E-state index contributed by atoms with van der Waals surface area (Å²) in [6.07, 6.45) is 1.77. The number of esters is 1. The highest BCUT2D eigenvalue weighted by Crippen LogP contribution is 2.28. The number of rotatable bonds is 4. The van der Waals surface area contributed by atoms with Crippen molar-refractivity contribution in [2.45, 2.75) is 19.3 Å². The third kappa shape index (κ3) is 2.93. The Balaban J connectivity index is 1.75. The Kier molecular flexibility index (Phi) is 4.05. The van der Waals surface area contributed by atoms with Gasteiger partial charge >= 0.3 is 5.97 Å². The molecule has 0 fully saturated rings. The van der Waals surface area contributed by atoms with E-state index in [1.54, 1.807) is 0 Å². The van der Waals surface area contributed by atoms with E-state index < -0.39 is 0 Å². The van der Waals surface area contributed by atoms with Gasteiger partial charge < -0.3 is 4.74 Å². The van der Waals surface area contributed by atoms with E-state index in [4.69, 9.17) is 4.74 Å². The summed E-state index contributed by atoms with van der Waals surface area (Å²) in [5.74, 6) is -0.177. The summed E-state index contributed by atoms with van der Waals surface area (Å²) in [5.41, 5.74) is 3.97. The molecule has 22 heavy (non-hydrogen) atoms. The molecule has 0 amide bonds. The van der Waals surface area contributed by atoms with Crippen LogP contribution in [0.3, 0.4) is 0 Å². The van der Waals surface area contributed by atoms with Gasteiger partial charge in [-0.15, -0.1) is 0 Å². The van der Waals surface area contributed by atoms with Gasteiger partial charge in [0.25, 0.3) is 0 Å². The van der Waals surface area contributed by atoms with Gasteiger partial charge in [-0.3, -0.25) is 9.59 Å². The van der Waals surface area contributed by atoms with Crippen LogP contribution in [0.25, 0.3) is 0 Å². The number of ether oxygens (including phenoxy) is 1. The Labute approximate surface area is 129 Å². The number of fused-ring (bicyclic) bond motifs is 1. The molecular weight excluding hydrogens is 276 g/mol. The SMILES string of the molecule is COC(=O)C1Cc2ccc(C(=O)Cc3ccccc3)cc2C1. The maximum absolute atomic E-state index is 12.4. The lowest BCUT2D eigenvalue weighted by molar-refractivity contribution is -0.145. The highest BCUT2D eigenvalue weighted by molar-refractivity contribution is 5.97. The van der Waals surface area contributed by atoms with Gasteiger partial charge in [0.2, 0.25) is 0 Å². The van der Waals surface area contributed by atoms with Gasteiger partial charge in [0.15, 0.2) is 5.78 Å². The second-order valence-electron chi connectivity index (χ2n) is 5.70. The van der Waals surface area contributed by atoms with E-state index in [1.165, 1.54) is 7.11 Å². The molecule has 0 radical (unpaired) electrons. The van der Waals surface area contributed by atoms with Crippen LogP contribution in [0.15, 0.2) is 48.5 Å². The molecule has 3 rings (SSSR count). The standard InChI is InChI=1S/C19H18O3/c1-22-19(21)17-10-14-7-8-15(11-16(14)12-17)18(20)9-13-5-3-2-4-6-13/h2-8,11,17H,9-10,12H2,1H3. The van der Waals surface area contributed by atoms with Crippen molar-refractivity contribution in [2.24, 2.45) is 5.92 Å². The van der Waals surface area contributed by atoms with E-state index in [-0.39, 0.29) is 17.7 Å². The zero-order chi connectivity index (χ0) is 15.5. The third-order valence-electron chi connectivity index (χ3n) is 4.20. The molecule has 0 saturated heterocycles. The highest BCUT2D eigenvalue weighted by atomic mass is 16.5. The molecule has 0 spiro atoms. The molecule has 0 aromatic heterocycles. The maximum Gasteiger partial charge on any atom is 0.309 e. The van der Waals surface area contributed by atoms with Crippen LogP contribution in [0.1, 0.15) is 27.0 Å². The molecule has 1 atom stereocenters. The number of hydrogen-bond acceptors (Lipinski definition) is 3. The summed E-state index contributed by atoms with van der Waals surface area (Å²) >= 11 is 0. The predicted octanol–water partition coefficient (Wildman–Crippen LogP) is 3.00. The fourth-order valence-corrected chi connectivity index (χ4v) is 3.01. The molecule has 112 valence electrons. The van der Waals surface area contributed by atoms with Crippen molar-refractivity contribution < 1.29 is 14.3 Å². The van der Waals surface area contributed by atoms with E-state index in [0.29, 0.717) is 24.8 Å². The van der Waals surface area contributed by atoms with Gasteiger partial charge in [-0.2, -0.15) is 0 Å². The van der Waals surface area contributed by atoms with Gasteiger partial charge in [-0.1, -0.05) is 42.5 Å².